The summed E-state index contributed by atoms with van der Waals surface area (Å²) in [7, 11) is 1.68. The average molecular weight is 451 g/mol. The zero-order valence-electron chi connectivity index (χ0n) is 17.2. The van der Waals surface area contributed by atoms with Gasteiger partial charge in [-0.15, -0.1) is 0 Å². The lowest BCUT2D eigenvalue weighted by Gasteiger charge is -2.31. The Morgan fingerprint density at radius 1 is 1.27 bits per heavy atom. The highest BCUT2D eigenvalue weighted by Crippen LogP contribution is 2.24. The number of rotatable bonds is 9. The largest absolute Gasteiger partial charge is 0.497 e. The zero-order chi connectivity index (χ0) is 21.3. The number of hydrogen-bond donors (Lipinski definition) is 1. The Morgan fingerprint density at radius 3 is 2.77 bits per heavy atom. The predicted molar refractivity (Wildman–Crippen MR) is 122 cm³/mol. The molecule has 1 aliphatic rings. The number of carbonyl (C=O) groups is 1. The van der Waals surface area contributed by atoms with Crippen LogP contribution in [-0.4, -0.2) is 43.3 Å². The van der Waals surface area contributed by atoms with Gasteiger partial charge in [-0.1, -0.05) is 29.8 Å². The lowest BCUT2D eigenvalue weighted by atomic mass is 9.95. The third-order valence-electron chi connectivity index (χ3n) is 5.35. The van der Waals surface area contributed by atoms with E-state index in [2.05, 4.69) is 22.3 Å². The van der Waals surface area contributed by atoms with E-state index in [0.29, 0.717) is 22.9 Å². The van der Waals surface area contributed by atoms with Gasteiger partial charge in [-0.05, 0) is 55.8 Å². The summed E-state index contributed by atoms with van der Waals surface area (Å²) in [5, 5.41) is 3.48. The van der Waals surface area contributed by atoms with Gasteiger partial charge in [0.25, 0.3) is 0 Å². The highest BCUT2D eigenvalue weighted by molar-refractivity contribution is 7.98. The second-order valence-corrected chi connectivity index (χ2v) is 8.96. The summed E-state index contributed by atoms with van der Waals surface area (Å²) in [6.45, 7) is 3.28. The number of halogens is 2. The quantitative estimate of drug-likeness (QED) is 0.560. The molecule has 0 unspecified atom stereocenters. The maximum absolute atomic E-state index is 13.8. The molecule has 1 fully saturated rings. The second-order valence-electron chi connectivity index (χ2n) is 7.45. The molecular weight excluding hydrogens is 423 g/mol. The molecule has 0 aliphatic carbocycles. The molecule has 0 spiro atoms. The Morgan fingerprint density at radius 2 is 2.03 bits per heavy atom. The van der Waals surface area contributed by atoms with Gasteiger partial charge in [-0.2, -0.15) is 11.8 Å². The number of hydrogen-bond acceptors (Lipinski definition) is 4. The number of nitrogens with zero attached hydrogens (tertiary/aromatic N) is 1. The van der Waals surface area contributed by atoms with Crippen LogP contribution in [0, 0.1) is 11.7 Å². The standard InChI is InChI=1S/C23H28ClFN2O2S/c1-29-19-5-2-4-17(14-19)15-27-11-8-18(9-12-27)23(28)26-10-13-30-16-20-21(24)6-3-7-22(20)25/h2-7,14,18H,8-13,15-16H2,1H3,(H,26,28). The van der Waals surface area contributed by atoms with E-state index in [0.717, 1.165) is 44.0 Å². The molecular formula is C23H28ClFN2O2S. The van der Waals surface area contributed by atoms with Gasteiger partial charge in [-0.25, -0.2) is 4.39 Å². The number of amides is 1. The normalized spacial score (nSPS) is 15.2. The molecule has 1 amide bonds. The van der Waals surface area contributed by atoms with Gasteiger partial charge >= 0.3 is 0 Å². The number of piperidine rings is 1. The fraction of sp³-hybridized carbons (Fsp3) is 0.435. The second kappa shape index (κ2) is 11.6. The van der Waals surface area contributed by atoms with Crippen molar-refractivity contribution in [3.8, 4) is 5.75 Å². The molecule has 1 N–H and O–H groups in total. The smallest absolute Gasteiger partial charge is 0.223 e. The maximum atomic E-state index is 13.8. The van der Waals surface area contributed by atoms with Gasteiger partial charge in [0, 0.05) is 41.1 Å². The van der Waals surface area contributed by atoms with E-state index in [1.165, 1.54) is 11.6 Å². The van der Waals surface area contributed by atoms with E-state index < -0.39 is 0 Å². The maximum Gasteiger partial charge on any atom is 0.223 e. The number of likely N-dealkylation sites (tertiary alicyclic amines) is 1. The first-order valence-electron chi connectivity index (χ1n) is 10.2. The van der Waals surface area contributed by atoms with Crippen LogP contribution in [0.3, 0.4) is 0 Å². The minimum atomic E-state index is -0.278. The summed E-state index contributed by atoms with van der Waals surface area (Å²) in [6, 6.07) is 12.8. The van der Waals surface area contributed by atoms with Crippen LogP contribution in [0.25, 0.3) is 0 Å². The van der Waals surface area contributed by atoms with Crippen LogP contribution in [-0.2, 0) is 17.1 Å². The van der Waals surface area contributed by atoms with Crippen molar-refractivity contribution in [2.45, 2.75) is 25.1 Å². The van der Waals surface area contributed by atoms with E-state index in [9.17, 15) is 9.18 Å². The monoisotopic (exact) mass is 450 g/mol. The molecule has 0 atom stereocenters. The first-order valence-corrected chi connectivity index (χ1v) is 11.7. The Hall–Kier alpha value is -1.76. The number of methoxy groups -OCH3 is 1. The number of nitrogens with one attached hydrogen (secondary N) is 1. The topological polar surface area (TPSA) is 41.6 Å². The molecule has 2 aromatic rings. The van der Waals surface area contributed by atoms with E-state index in [4.69, 9.17) is 16.3 Å². The number of carbonyl (C=O) groups excluding carboxylic acids is 1. The summed E-state index contributed by atoms with van der Waals surface area (Å²) < 4.78 is 19.0. The molecule has 0 radical (unpaired) electrons. The van der Waals surface area contributed by atoms with Crippen LogP contribution in [0.4, 0.5) is 4.39 Å². The summed E-state index contributed by atoms with van der Waals surface area (Å²) in [6.07, 6.45) is 1.74. The Kier molecular flexibility index (Phi) is 8.85. The lowest BCUT2D eigenvalue weighted by Crippen LogP contribution is -2.40. The number of thioether (sulfide) groups is 1. The molecule has 30 heavy (non-hydrogen) atoms. The Bertz CT molecular complexity index is 823. The van der Waals surface area contributed by atoms with Gasteiger partial charge in [0.15, 0.2) is 0 Å². The number of ether oxygens (including phenoxy) is 1. The van der Waals surface area contributed by atoms with Crippen molar-refractivity contribution >= 4 is 29.3 Å². The molecule has 4 nitrogen and oxygen atoms in total. The van der Waals surface area contributed by atoms with Crippen molar-refractivity contribution in [3.05, 3.63) is 64.4 Å². The highest BCUT2D eigenvalue weighted by Gasteiger charge is 2.24. The van der Waals surface area contributed by atoms with Crippen LogP contribution in [0.5, 0.6) is 5.75 Å². The third kappa shape index (κ3) is 6.62. The first-order chi connectivity index (χ1) is 14.6. The van der Waals surface area contributed by atoms with Crippen molar-refractivity contribution in [1.82, 2.24) is 10.2 Å². The van der Waals surface area contributed by atoms with Crippen molar-refractivity contribution in [3.63, 3.8) is 0 Å². The van der Waals surface area contributed by atoms with Crippen LogP contribution in [0.1, 0.15) is 24.0 Å². The van der Waals surface area contributed by atoms with Gasteiger partial charge < -0.3 is 10.1 Å². The molecule has 7 heteroatoms. The van der Waals surface area contributed by atoms with Crippen molar-refractivity contribution in [2.75, 3.05) is 32.5 Å². The Balaban J connectivity index is 1.33. The fourth-order valence-corrected chi connectivity index (χ4v) is 4.81. The minimum absolute atomic E-state index is 0.0672. The van der Waals surface area contributed by atoms with Gasteiger partial charge in [0.2, 0.25) is 5.91 Å². The molecule has 1 saturated heterocycles. The molecule has 0 saturated carbocycles. The summed E-state index contributed by atoms with van der Waals surface area (Å²) in [5.41, 5.74) is 1.75. The van der Waals surface area contributed by atoms with Gasteiger partial charge in [-0.3, -0.25) is 9.69 Å². The van der Waals surface area contributed by atoms with Crippen molar-refractivity contribution in [2.24, 2.45) is 5.92 Å². The van der Waals surface area contributed by atoms with Crippen LogP contribution in [0.15, 0.2) is 42.5 Å². The molecule has 1 heterocycles. The zero-order valence-corrected chi connectivity index (χ0v) is 18.8. The molecule has 0 aromatic heterocycles. The first kappa shape index (κ1) is 22.9. The van der Waals surface area contributed by atoms with E-state index in [1.54, 1.807) is 31.0 Å². The van der Waals surface area contributed by atoms with Crippen LogP contribution >= 0.6 is 23.4 Å². The van der Waals surface area contributed by atoms with Crippen molar-refractivity contribution < 1.29 is 13.9 Å². The minimum Gasteiger partial charge on any atom is -0.497 e. The summed E-state index contributed by atoms with van der Waals surface area (Å²) >= 11 is 7.61. The van der Waals surface area contributed by atoms with Crippen LogP contribution in [0.2, 0.25) is 5.02 Å². The van der Waals surface area contributed by atoms with Crippen molar-refractivity contribution in [1.29, 1.82) is 0 Å². The number of benzene rings is 2. The molecule has 0 bridgehead atoms. The van der Waals surface area contributed by atoms with E-state index >= 15 is 0 Å². The third-order valence-corrected chi connectivity index (χ3v) is 6.69. The predicted octanol–water partition coefficient (Wildman–Crippen LogP) is 4.75. The fourth-order valence-electron chi connectivity index (χ4n) is 3.62. The molecule has 2 aromatic carbocycles. The van der Waals surface area contributed by atoms with Crippen LogP contribution < -0.4 is 10.1 Å². The molecule has 1 aliphatic heterocycles. The SMILES string of the molecule is COc1cccc(CN2CCC(C(=O)NCCSCc3c(F)cccc3Cl)CC2)c1. The van der Waals surface area contributed by atoms with E-state index in [1.807, 2.05) is 12.1 Å². The molecule has 162 valence electrons. The Labute approximate surface area is 187 Å². The average Bonchev–Trinajstić information content (AvgIpc) is 2.76. The summed E-state index contributed by atoms with van der Waals surface area (Å²) in [4.78, 5) is 14.8. The van der Waals surface area contributed by atoms with E-state index in [-0.39, 0.29) is 17.6 Å². The lowest BCUT2D eigenvalue weighted by molar-refractivity contribution is -0.126. The molecule has 3 rings (SSSR count). The van der Waals surface area contributed by atoms with Gasteiger partial charge in [0.05, 0.1) is 7.11 Å². The van der Waals surface area contributed by atoms with Gasteiger partial charge in [0.1, 0.15) is 11.6 Å². The highest BCUT2D eigenvalue weighted by atomic mass is 35.5. The summed E-state index contributed by atoms with van der Waals surface area (Å²) in [5.74, 6) is 2.02.